The van der Waals surface area contributed by atoms with Crippen molar-refractivity contribution < 1.29 is 27.4 Å². The van der Waals surface area contributed by atoms with E-state index in [1.165, 1.54) is 24.3 Å². The van der Waals surface area contributed by atoms with Gasteiger partial charge in [-0.05, 0) is 54.8 Å². The number of rotatable bonds is 5. The lowest BCUT2D eigenvalue weighted by molar-refractivity contribution is -0.137. The van der Waals surface area contributed by atoms with Crippen LogP contribution in [0.4, 0.5) is 13.2 Å². The number of carbonyl (C=O) groups is 1. The fourth-order valence-corrected chi connectivity index (χ4v) is 3.54. The van der Waals surface area contributed by atoms with Crippen LogP contribution in [0.3, 0.4) is 0 Å². The lowest BCUT2D eigenvalue weighted by Gasteiger charge is -2.25. The molecule has 1 aliphatic heterocycles. The maximum absolute atomic E-state index is 12.9. The predicted octanol–water partition coefficient (Wildman–Crippen LogP) is 5.10. The van der Waals surface area contributed by atoms with Crippen molar-refractivity contribution in [3.63, 3.8) is 0 Å². The number of methoxy groups -OCH3 is 2. The molecule has 1 saturated heterocycles. The first-order valence-electron chi connectivity index (χ1n) is 9.21. The molecular formula is C22H22F3NO3. The molecule has 2 aromatic carbocycles. The van der Waals surface area contributed by atoms with Gasteiger partial charge in [0.25, 0.3) is 0 Å². The number of alkyl halides is 3. The van der Waals surface area contributed by atoms with Crippen molar-refractivity contribution in [1.29, 1.82) is 0 Å². The molecule has 0 spiro atoms. The smallest absolute Gasteiger partial charge is 0.416 e. The van der Waals surface area contributed by atoms with E-state index in [4.69, 9.17) is 9.47 Å². The molecule has 0 saturated carbocycles. The molecule has 1 amide bonds. The van der Waals surface area contributed by atoms with Gasteiger partial charge in [0, 0.05) is 18.2 Å². The molecule has 2 aromatic rings. The average molecular weight is 405 g/mol. The van der Waals surface area contributed by atoms with Crippen molar-refractivity contribution in [2.75, 3.05) is 20.8 Å². The minimum atomic E-state index is -4.42. The van der Waals surface area contributed by atoms with Crippen molar-refractivity contribution in [2.45, 2.75) is 25.1 Å². The summed E-state index contributed by atoms with van der Waals surface area (Å²) in [6.45, 7) is 0.566. The van der Waals surface area contributed by atoms with Crippen molar-refractivity contribution in [3.05, 3.63) is 65.2 Å². The van der Waals surface area contributed by atoms with Crippen molar-refractivity contribution in [2.24, 2.45) is 0 Å². The van der Waals surface area contributed by atoms with Crippen LogP contribution >= 0.6 is 0 Å². The third-order valence-electron chi connectivity index (χ3n) is 4.96. The van der Waals surface area contributed by atoms with E-state index >= 15 is 0 Å². The van der Waals surface area contributed by atoms with E-state index in [0.29, 0.717) is 23.6 Å². The summed E-state index contributed by atoms with van der Waals surface area (Å²) in [5.41, 5.74) is 0.431. The maximum atomic E-state index is 12.9. The van der Waals surface area contributed by atoms with Gasteiger partial charge in [0.15, 0.2) is 0 Å². The Bertz CT molecular complexity index is 908. The predicted molar refractivity (Wildman–Crippen MR) is 104 cm³/mol. The molecule has 1 atom stereocenters. The van der Waals surface area contributed by atoms with Crippen molar-refractivity contribution >= 4 is 12.0 Å². The molecule has 3 rings (SSSR count). The third kappa shape index (κ3) is 4.72. The van der Waals surface area contributed by atoms with Crippen LogP contribution in [-0.2, 0) is 11.0 Å². The van der Waals surface area contributed by atoms with Crippen LogP contribution in [-0.4, -0.2) is 31.6 Å². The zero-order chi connectivity index (χ0) is 21.0. The Morgan fingerprint density at radius 1 is 1.14 bits per heavy atom. The van der Waals surface area contributed by atoms with Crippen LogP contribution in [0.2, 0.25) is 0 Å². The molecular weight excluding hydrogens is 383 g/mol. The van der Waals surface area contributed by atoms with E-state index in [2.05, 4.69) is 0 Å². The van der Waals surface area contributed by atoms with Crippen LogP contribution in [0.25, 0.3) is 6.08 Å². The highest BCUT2D eigenvalue weighted by atomic mass is 19.4. The Balaban J connectivity index is 1.82. The number of halogens is 3. The summed E-state index contributed by atoms with van der Waals surface area (Å²) in [6.07, 6.45) is -0.0894. The summed E-state index contributed by atoms with van der Waals surface area (Å²) >= 11 is 0. The van der Waals surface area contributed by atoms with Gasteiger partial charge in [-0.3, -0.25) is 4.79 Å². The van der Waals surface area contributed by atoms with E-state index in [-0.39, 0.29) is 11.9 Å². The maximum Gasteiger partial charge on any atom is 0.416 e. The Labute approximate surface area is 167 Å². The van der Waals surface area contributed by atoms with Gasteiger partial charge in [0.05, 0.1) is 25.8 Å². The molecule has 0 aromatic heterocycles. The molecule has 4 nitrogen and oxygen atoms in total. The summed E-state index contributed by atoms with van der Waals surface area (Å²) in [7, 11) is 3.14. The highest BCUT2D eigenvalue weighted by Crippen LogP contribution is 2.39. The van der Waals surface area contributed by atoms with Crippen LogP contribution < -0.4 is 9.47 Å². The Morgan fingerprint density at radius 2 is 1.93 bits per heavy atom. The molecule has 0 bridgehead atoms. The van der Waals surface area contributed by atoms with Crippen LogP contribution in [0.15, 0.2) is 48.5 Å². The second-order valence-corrected chi connectivity index (χ2v) is 6.75. The number of benzene rings is 2. The molecule has 1 aliphatic rings. The van der Waals surface area contributed by atoms with Crippen LogP contribution in [0.5, 0.6) is 11.5 Å². The van der Waals surface area contributed by atoms with Gasteiger partial charge in [0.2, 0.25) is 5.91 Å². The van der Waals surface area contributed by atoms with E-state index in [1.54, 1.807) is 31.3 Å². The molecule has 1 heterocycles. The Kier molecular flexibility index (Phi) is 6.15. The minimum absolute atomic E-state index is 0.182. The number of carbonyl (C=O) groups excluding carboxylic acids is 1. The fraction of sp³-hybridized carbons (Fsp3) is 0.318. The van der Waals surface area contributed by atoms with Gasteiger partial charge in [-0.2, -0.15) is 13.2 Å². The van der Waals surface area contributed by atoms with Gasteiger partial charge in [-0.25, -0.2) is 0 Å². The molecule has 0 N–H and O–H groups in total. The molecule has 1 fully saturated rings. The van der Waals surface area contributed by atoms with Gasteiger partial charge >= 0.3 is 6.18 Å². The highest BCUT2D eigenvalue weighted by molar-refractivity contribution is 5.92. The first kappa shape index (κ1) is 20.8. The summed E-state index contributed by atoms with van der Waals surface area (Å²) in [5, 5.41) is 0. The minimum Gasteiger partial charge on any atom is -0.497 e. The topological polar surface area (TPSA) is 38.8 Å². The largest absolute Gasteiger partial charge is 0.497 e. The second-order valence-electron chi connectivity index (χ2n) is 6.75. The molecule has 29 heavy (non-hydrogen) atoms. The van der Waals surface area contributed by atoms with Crippen LogP contribution in [0, 0.1) is 0 Å². The highest BCUT2D eigenvalue weighted by Gasteiger charge is 2.32. The molecule has 0 radical (unpaired) electrons. The zero-order valence-electron chi connectivity index (χ0n) is 16.2. The number of hydrogen-bond donors (Lipinski definition) is 0. The SMILES string of the molecule is COc1ccc(OC)c(C2CCCN2C(=O)/C=C/c2cccc(C(F)(F)F)c2)c1. The van der Waals surface area contributed by atoms with Gasteiger partial charge in [-0.1, -0.05) is 12.1 Å². The molecule has 0 aliphatic carbocycles. The monoisotopic (exact) mass is 405 g/mol. The Morgan fingerprint density at radius 3 is 2.62 bits per heavy atom. The van der Waals surface area contributed by atoms with Crippen LogP contribution in [0.1, 0.15) is 35.6 Å². The number of hydrogen-bond acceptors (Lipinski definition) is 3. The molecule has 154 valence electrons. The standard InChI is InChI=1S/C22H22F3NO3/c1-28-17-9-10-20(29-2)18(14-17)19-7-4-12-26(19)21(27)11-8-15-5-3-6-16(13-15)22(23,24)25/h3,5-6,8-11,13-14,19H,4,7,12H2,1-2H3/b11-8+. The van der Waals surface area contributed by atoms with E-state index < -0.39 is 11.7 Å². The first-order chi connectivity index (χ1) is 13.8. The normalized spacial score (nSPS) is 17.0. The number of nitrogens with zero attached hydrogens (tertiary/aromatic N) is 1. The summed E-state index contributed by atoms with van der Waals surface area (Å²) in [4.78, 5) is 14.5. The average Bonchev–Trinajstić information content (AvgIpc) is 3.21. The summed E-state index contributed by atoms with van der Waals surface area (Å²) < 4.78 is 49.3. The van der Waals surface area contributed by atoms with E-state index in [1.807, 2.05) is 6.07 Å². The van der Waals surface area contributed by atoms with Gasteiger partial charge in [-0.15, -0.1) is 0 Å². The zero-order valence-corrected chi connectivity index (χ0v) is 16.2. The van der Waals surface area contributed by atoms with Crippen molar-refractivity contribution in [1.82, 2.24) is 4.90 Å². The Hall–Kier alpha value is -2.96. The lowest BCUT2D eigenvalue weighted by Crippen LogP contribution is -2.29. The quantitative estimate of drug-likeness (QED) is 0.650. The third-order valence-corrected chi connectivity index (χ3v) is 4.96. The number of amides is 1. The molecule has 1 unspecified atom stereocenters. The van der Waals surface area contributed by atoms with Gasteiger partial charge < -0.3 is 14.4 Å². The summed E-state index contributed by atoms with van der Waals surface area (Å²) in [5.74, 6) is 1.08. The summed E-state index contributed by atoms with van der Waals surface area (Å²) in [6, 6.07) is 10.1. The van der Waals surface area contributed by atoms with E-state index in [0.717, 1.165) is 30.5 Å². The first-order valence-corrected chi connectivity index (χ1v) is 9.21. The molecule has 7 heteroatoms. The van der Waals surface area contributed by atoms with Crippen molar-refractivity contribution in [3.8, 4) is 11.5 Å². The van der Waals surface area contributed by atoms with E-state index in [9.17, 15) is 18.0 Å². The second kappa shape index (κ2) is 8.59. The fourth-order valence-electron chi connectivity index (χ4n) is 3.54. The van der Waals surface area contributed by atoms with Gasteiger partial charge in [0.1, 0.15) is 11.5 Å². The number of ether oxygens (including phenoxy) is 2. The lowest BCUT2D eigenvalue weighted by atomic mass is 10.0. The number of likely N-dealkylation sites (tertiary alicyclic amines) is 1.